The highest BCUT2D eigenvalue weighted by Crippen LogP contribution is 2.31. The van der Waals surface area contributed by atoms with E-state index in [1.54, 1.807) is 25.3 Å². The van der Waals surface area contributed by atoms with Crippen molar-refractivity contribution >= 4 is 69.8 Å². The van der Waals surface area contributed by atoms with E-state index in [2.05, 4.69) is 10.2 Å². The lowest BCUT2D eigenvalue weighted by atomic mass is 10.1. The molecule has 0 saturated carbocycles. The quantitative estimate of drug-likeness (QED) is 0.399. The highest BCUT2D eigenvalue weighted by Gasteiger charge is 2.35. The van der Waals surface area contributed by atoms with Gasteiger partial charge >= 0.3 is 0 Å². The van der Waals surface area contributed by atoms with Crippen molar-refractivity contribution in [3.63, 3.8) is 0 Å². The fraction of sp³-hybridized carbons (Fsp3) is 0.227. The Morgan fingerprint density at radius 1 is 1.06 bits per heavy atom. The number of amides is 2. The Bertz CT molecular complexity index is 1110. The van der Waals surface area contributed by atoms with Gasteiger partial charge in [0.05, 0.1) is 26.0 Å². The number of carbonyl (C=O) groups excluding carboxylic acids is 2. The molecule has 0 bridgehead atoms. The van der Waals surface area contributed by atoms with Crippen molar-refractivity contribution in [3.05, 3.63) is 57.6 Å². The second-order valence-electron chi connectivity index (χ2n) is 7.11. The number of thiocarbonyl (C=S) groups is 1. The lowest BCUT2D eigenvalue weighted by molar-refractivity contribution is -0.122. The zero-order valence-corrected chi connectivity index (χ0v) is 19.4. The van der Waals surface area contributed by atoms with Crippen LogP contribution in [-0.4, -0.2) is 50.3 Å². The summed E-state index contributed by atoms with van der Waals surface area (Å²) < 4.78 is 10.9. The lowest BCUT2D eigenvalue weighted by Gasteiger charge is -2.30. The molecule has 0 unspecified atom stereocenters. The van der Waals surface area contributed by atoms with E-state index in [0.717, 1.165) is 18.8 Å². The van der Waals surface area contributed by atoms with Gasteiger partial charge in [0.15, 0.2) is 5.11 Å². The molecule has 32 heavy (non-hydrogen) atoms. The Morgan fingerprint density at radius 3 is 2.41 bits per heavy atom. The van der Waals surface area contributed by atoms with Crippen LogP contribution >= 0.6 is 35.4 Å². The number of ether oxygens (including phenoxy) is 2. The van der Waals surface area contributed by atoms with Crippen molar-refractivity contribution in [2.45, 2.75) is 0 Å². The molecule has 0 radical (unpaired) electrons. The van der Waals surface area contributed by atoms with Gasteiger partial charge in [0.25, 0.3) is 11.8 Å². The van der Waals surface area contributed by atoms with Crippen LogP contribution in [0.3, 0.4) is 0 Å². The first-order chi connectivity index (χ1) is 15.4. The summed E-state index contributed by atoms with van der Waals surface area (Å²) in [5.74, 6) is -0.646. The zero-order valence-electron chi connectivity index (χ0n) is 17.1. The van der Waals surface area contributed by atoms with E-state index >= 15 is 0 Å². The molecule has 1 N–H and O–H groups in total. The van der Waals surface area contributed by atoms with E-state index < -0.39 is 11.8 Å². The molecule has 0 spiro atoms. The number of anilines is 2. The first-order valence-corrected chi connectivity index (χ1v) is 10.9. The van der Waals surface area contributed by atoms with Crippen LogP contribution in [-0.2, 0) is 14.3 Å². The van der Waals surface area contributed by atoms with Gasteiger partial charge in [0.2, 0.25) is 0 Å². The number of nitrogens with one attached hydrogen (secondary N) is 1. The number of halogens is 2. The maximum absolute atomic E-state index is 13.2. The fourth-order valence-electron chi connectivity index (χ4n) is 3.55. The van der Waals surface area contributed by atoms with Crippen molar-refractivity contribution in [1.29, 1.82) is 0 Å². The number of benzene rings is 2. The van der Waals surface area contributed by atoms with Gasteiger partial charge in [-0.25, -0.2) is 0 Å². The summed E-state index contributed by atoms with van der Waals surface area (Å²) in [6.45, 7) is 2.87. The Labute approximate surface area is 200 Å². The Morgan fingerprint density at radius 2 is 1.75 bits per heavy atom. The van der Waals surface area contributed by atoms with Crippen LogP contribution in [0.15, 0.2) is 42.0 Å². The molecular weight excluding hydrogens is 473 g/mol. The maximum Gasteiger partial charge on any atom is 0.270 e. The number of nitrogens with zero attached hydrogens (tertiary/aromatic N) is 2. The van der Waals surface area contributed by atoms with E-state index in [9.17, 15) is 9.59 Å². The van der Waals surface area contributed by atoms with Gasteiger partial charge in [-0.1, -0.05) is 23.2 Å². The van der Waals surface area contributed by atoms with Crippen molar-refractivity contribution < 1.29 is 19.1 Å². The first-order valence-electron chi connectivity index (χ1n) is 9.75. The summed E-state index contributed by atoms with van der Waals surface area (Å²) in [4.78, 5) is 29.2. The number of hydrogen-bond acceptors (Lipinski definition) is 6. The minimum absolute atomic E-state index is 0.0508. The molecule has 10 heteroatoms. The van der Waals surface area contributed by atoms with E-state index in [4.69, 9.17) is 44.9 Å². The van der Waals surface area contributed by atoms with Crippen molar-refractivity contribution in [2.75, 3.05) is 43.2 Å². The topological polar surface area (TPSA) is 71.1 Å². The third-order valence-electron chi connectivity index (χ3n) is 5.10. The Kier molecular flexibility index (Phi) is 6.66. The second-order valence-corrected chi connectivity index (χ2v) is 8.37. The van der Waals surface area contributed by atoms with Gasteiger partial charge in [-0.15, -0.1) is 0 Å². The third kappa shape index (κ3) is 4.59. The largest absolute Gasteiger partial charge is 0.496 e. The molecule has 2 amide bonds. The van der Waals surface area contributed by atoms with Crippen molar-refractivity contribution in [3.8, 4) is 5.75 Å². The van der Waals surface area contributed by atoms with Crippen molar-refractivity contribution in [1.82, 2.24) is 5.32 Å². The van der Waals surface area contributed by atoms with Crippen LogP contribution in [0.2, 0.25) is 10.0 Å². The smallest absolute Gasteiger partial charge is 0.270 e. The summed E-state index contributed by atoms with van der Waals surface area (Å²) in [7, 11) is 1.54. The normalized spacial score (nSPS) is 18.2. The van der Waals surface area contributed by atoms with Gasteiger partial charge in [0.1, 0.15) is 11.3 Å². The number of carbonyl (C=O) groups is 2. The molecule has 2 aliphatic heterocycles. The second kappa shape index (κ2) is 9.46. The van der Waals surface area contributed by atoms with Crippen molar-refractivity contribution in [2.24, 2.45) is 0 Å². The summed E-state index contributed by atoms with van der Waals surface area (Å²) >= 11 is 17.4. The van der Waals surface area contributed by atoms with Gasteiger partial charge in [-0.05, 0) is 48.6 Å². The standard InChI is InChI=1S/C22H19Cl2N3O4S/c1-30-19-12-16(26-4-6-31-7-5-26)3-2-13(19)8-18-20(28)25-22(32)27(21(18)29)17-10-14(23)9-15(24)11-17/h2-3,8-12H,4-7H2,1H3,(H,25,28,32). The molecule has 2 aromatic carbocycles. The molecule has 166 valence electrons. The predicted molar refractivity (Wildman–Crippen MR) is 129 cm³/mol. The molecule has 2 heterocycles. The molecule has 2 saturated heterocycles. The minimum Gasteiger partial charge on any atom is -0.496 e. The molecule has 7 nitrogen and oxygen atoms in total. The molecular formula is C22H19Cl2N3O4S. The SMILES string of the molecule is COc1cc(N2CCOCC2)ccc1C=C1C(=O)NC(=S)N(c2cc(Cl)cc(Cl)c2)C1=O. The van der Waals surface area contributed by atoms with Crippen LogP contribution in [0.4, 0.5) is 11.4 Å². The molecule has 2 fully saturated rings. The summed E-state index contributed by atoms with van der Waals surface area (Å²) in [6, 6.07) is 10.2. The summed E-state index contributed by atoms with van der Waals surface area (Å²) in [5, 5.41) is 3.18. The van der Waals surface area contributed by atoms with Crippen LogP contribution < -0.4 is 19.9 Å². The molecule has 2 aromatic rings. The monoisotopic (exact) mass is 491 g/mol. The zero-order chi connectivity index (χ0) is 22.8. The highest BCUT2D eigenvalue weighted by molar-refractivity contribution is 7.80. The van der Waals surface area contributed by atoms with Gasteiger partial charge in [-0.2, -0.15) is 0 Å². The number of rotatable bonds is 4. The average molecular weight is 492 g/mol. The van der Waals surface area contributed by atoms with E-state index in [1.165, 1.54) is 11.0 Å². The van der Waals surface area contributed by atoms with E-state index in [1.807, 2.05) is 18.2 Å². The van der Waals surface area contributed by atoms with Crippen LogP contribution in [0.1, 0.15) is 5.56 Å². The fourth-order valence-corrected chi connectivity index (χ4v) is 4.35. The van der Waals surface area contributed by atoms with Crippen LogP contribution in [0.25, 0.3) is 6.08 Å². The highest BCUT2D eigenvalue weighted by atomic mass is 35.5. The van der Waals surface area contributed by atoms with E-state index in [0.29, 0.717) is 40.3 Å². The average Bonchev–Trinajstić information content (AvgIpc) is 2.76. The Hall–Kier alpha value is -2.65. The number of methoxy groups -OCH3 is 1. The molecule has 2 aliphatic rings. The minimum atomic E-state index is -0.594. The third-order valence-corrected chi connectivity index (χ3v) is 5.82. The first kappa shape index (κ1) is 22.5. The van der Waals surface area contributed by atoms with Gasteiger partial charge in [-0.3, -0.25) is 19.8 Å². The molecule has 0 aliphatic carbocycles. The van der Waals surface area contributed by atoms with Gasteiger partial charge < -0.3 is 14.4 Å². The molecule has 0 atom stereocenters. The Balaban J connectivity index is 1.69. The lowest BCUT2D eigenvalue weighted by Crippen LogP contribution is -2.54. The molecule has 4 rings (SSSR count). The van der Waals surface area contributed by atoms with Crippen LogP contribution in [0, 0.1) is 0 Å². The maximum atomic E-state index is 13.2. The predicted octanol–water partition coefficient (Wildman–Crippen LogP) is 3.67. The summed E-state index contributed by atoms with van der Waals surface area (Å²) in [5.41, 5.74) is 1.83. The van der Waals surface area contributed by atoms with Crippen LogP contribution in [0.5, 0.6) is 5.75 Å². The summed E-state index contributed by atoms with van der Waals surface area (Å²) in [6.07, 6.45) is 1.49. The van der Waals surface area contributed by atoms with E-state index in [-0.39, 0.29) is 10.7 Å². The van der Waals surface area contributed by atoms with Gasteiger partial charge in [0, 0.05) is 40.5 Å². The number of hydrogen-bond donors (Lipinski definition) is 1. The number of morpholine rings is 1. The molecule has 0 aromatic heterocycles.